The van der Waals surface area contributed by atoms with Crippen molar-refractivity contribution in [1.29, 1.82) is 0 Å². The van der Waals surface area contributed by atoms with E-state index in [1.54, 1.807) is 0 Å². The molecule has 0 amide bonds. The number of hydrogen-bond acceptors (Lipinski definition) is 1. The Morgan fingerprint density at radius 2 is 2.33 bits per heavy atom. The molecule has 1 aliphatic rings. The minimum atomic E-state index is -0.310. The molecule has 0 saturated carbocycles. The Morgan fingerprint density at radius 1 is 1.67 bits per heavy atom. The fourth-order valence-electron chi connectivity index (χ4n) is 0.786. The van der Waals surface area contributed by atoms with Gasteiger partial charge in [0.2, 0.25) is 0 Å². The molecule has 0 aromatic carbocycles. The molecule has 44 valence electrons. The molecule has 2 atom stereocenters. The van der Waals surface area contributed by atoms with Crippen molar-refractivity contribution >= 4 is 15.7 Å². The van der Waals surface area contributed by atoms with Crippen molar-refractivity contribution in [3.63, 3.8) is 0 Å². The Balaban J connectivity index is 2.54. The lowest BCUT2D eigenvalue weighted by Crippen LogP contribution is -2.22. The predicted molar refractivity (Wildman–Crippen MR) is 38.5 cm³/mol. The summed E-state index contributed by atoms with van der Waals surface area (Å²) in [5.74, 6) is 0.845. The first-order chi connectivity index (χ1) is 4.20. The van der Waals surface area contributed by atoms with Crippen LogP contribution >= 0.6 is 0 Å². The van der Waals surface area contributed by atoms with Gasteiger partial charge in [-0.2, -0.15) is 0 Å². The minimum absolute atomic E-state index is 0.0336. The zero-order chi connectivity index (χ0) is 6.85. The molecule has 4 radical (unpaired) electrons. The average molecular weight is 118 g/mol. The van der Waals surface area contributed by atoms with Gasteiger partial charge in [0.1, 0.15) is 7.85 Å². The Hall–Kier alpha value is -0.330. The van der Waals surface area contributed by atoms with Crippen LogP contribution in [0.1, 0.15) is 13.3 Å². The first-order valence-corrected chi connectivity index (χ1v) is 3.04. The maximum absolute atomic E-state index is 5.55. The first kappa shape index (κ1) is 6.79. The molecular weight excluding hydrogens is 110 g/mol. The molecule has 0 N–H and O–H groups in total. The average Bonchev–Trinajstić information content (AvgIpc) is 1.80. The summed E-state index contributed by atoms with van der Waals surface area (Å²) < 4.78 is 5.11. The summed E-state index contributed by atoms with van der Waals surface area (Å²) in [6.45, 7) is 1.88. The van der Waals surface area contributed by atoms with Gasteiger partial charge >= 0.3 is 0 Å². The standard InChI is InChI=1S/C6H8B2O/c1-4-2-3-5(7)6(8)9-4/h2,5-6H,3H2,1H3. The first-order valence-electron chi connectivity index (χ1n) is 3.04. The van der Waals surface area contributed by atoms with Crippen LogP contribution in [-0.2, 0) is 4.74 Å². The molecule has 0 bridgehead atoms. The number of ether oxygens (including phenoxy) is 1. The van der Waals surface area contributed by atoms with Gasteiger partial charge in [-0.1, -0.05) is 0 Å². The summed E-state index contributed by atoms with van der Waals surface area (Å²) in [6.07, 6.45) is 2.78. The molecule has 0 aromatic rings. The van der Waals surface area contributed by atoms with Crippen molar-refractivity contribution < 1.29 is 4.74 Å². The molecular formula is C6H8B2O. The zero-order valence-corrected chi connectivity index (χ0v) is 5.50. The van der Waals surface area contributed by atoms with Crippen molar-refractivity contribution in [2.45, 2.75) is 25.2 Å². The Morgan fingerprint density at radius 3 is 2.78 bits per heavy atom. The quantitative estimate of drug-likeness (QED) is 0.426. The van der Waals surface area contributed by atoms with Gasteiger partial charge in [-0.05, 0) is 25.2 Å². The summed E-state index contributed by atoms with van der Waals surface area (Å²) in [4.78, 5) is 0. The van der Waals surface area contributed by atoms with Crippen LogP contribution in [0.25, 0.3) is 0 Å². The van der Waals surface area contributed by atoms with E-state index in [4.69, 9.17) is 20.4 Å². The molecule has 1 nitrogen and oxygen atoms in total. The van der Waals surface area contributed by atoms with E-state index >= 15 is 0 Å². The molecule has 0 aromatic heterocycles. The van der Waals surface area contributed by atoms with E-state index in [0.717, 1.165) is 12.2 Å². The van der Waals surface area contributed by atoms with Crippen molar-refractivity contribution in [3.05, 3.63) is 11.8 Å². The van der Waals surface area contributed by atoms with Crippen molar-refractivity contribution in [1.82, 2.24) is 0 Å². The topological polar surface area (TPSA) is 9.23 Å². The summed E-state index contributed by atoms with van der Waals surface area (Å²) in [5.41, 5.74) is 0. The normalized spacial score (nSPS) is 35.0. The lowest BCUT2D eigenvalue weighted by molar-refractivity contribution is 0.161. The van der Waals surface area contributed by atoms with E-state index in [1.807, 2.05) is 13.0 Å². The second-order valence-corrected chi connectivity index (χ2v) is 2.30. The van der Waals surface area contributed by atoms with Gasteiger partial charge in [0.05, 0.1) is 19.6 Å². The van der Waals surface area contributed by atoms with Gasteiger partial charge in [-0.3, -0.25) is 0 Å². The largest absolute Gasteiger partial charge is 0.506 e. The van der Waals surface area contributed by atoms with Crippen LogP contribution in [-0.4, -0.2) is 21.7 Å². The highest BCUT2D eigenvalue weighted by atomic mass is 16.5. The van der Waals surface area contributed by atoms with Gasteiger partial charge < -0.3 is 4.74 Å². The van der Waals surface area contributed by atoms with Crippen molar-refractivity contribution in [3.8, 4) is 0 Å². The van der Waals surface area contributed by atoms with Crippen molar-refractivity contribution in [2.24, 2.45) is 0 Å². The van der Waals surface area contributed by atoms with E-state index in [2.05, 4.69) is 0 Å². The van der Waals surface area contributed by atoms with Crippen LogP contribution < -0.4 is 0 Å². The fourth-order valence-corrected chi connectivity index (χ4v) is 0.786. The molecule has 3 heteroatoms. The van der Waals surface area contributed by atoms with E-state index < -0.39 is 0 Å². The molecule has 0 saturated heterocycles. The van der Waals surface area contributed by atoms with E-state index in [0.29, 0.717) is 0 Å². The number of hydrogen-bond donors (Lipinski definition) is 0. The van der Waals surface area contributed by atoms with Gasteiger partial charge in [-0.25, -0.2) is 0 Å². The third kappa shape index (κ3) is 1.54. The van der Waals surface area contributed by atoms with Gasteiger partial charge in [-0.15, -0.1) is 0 Å². The molecule has 0 spiro atoms. The molecule has 0 fully saturated rings. The SMILES string of the molecule is [B]C1CC=C(C)OC1[B]. The Labute approximate surface area is 58.3 Å². The molecule has 9 heavy (non-hydrogen) atoms. The fraction of sp³-hybridized carbons (Fsp3) is 0.667. The van der Waals surface area contributed by atoms with Crippen LogP contribution in [0.3, 0.4) is 0 Å². The molecule has 2 unspecified atom stereocenters. The maximum atomic E-state index is 5.55. The van der Waals surface area contributed by atoms with Crippen LogP contribution in [0.15, 0.2) is 11.8 Å². The zero-order valence-electron chi connectivity index (χ0n) is 5.50. The van der Waals surface area contributed by atoms with E-state index in [1.165, 1.54) is 0 Å². The van der Waals surface area contributed by atoms with E-state index in [-0.39, 0.29) is 11.8 Å². The second-order valence-electron chi connectivity index (χ2n) is 2.30. The summed E-state index contributed by atoms with van der Waals surface area (Å²) in [5, 5.41) is 0. The van der Waals surface area contributed by atoms with Crippen molar-refractivity contribution in [2.75, 3.05) is 0 Å². The lowest BCUT2D eigenvalue weighted by atomic mass is 9.71. The second kappa shape index (κ2) is 2.51. The summed E-state index contributed by atoms with van der Waals surface area (Å²) >= 11 is 0. The van der Waals surface area contributed by atoms with Crippen LogP contribution in [0, 0.1) is 0 Å². The lowest BCUT2D eigenvalue weighted by Gasteiger charge is -2.26. The van der Waals surface area contributed by atoms with E-state index in [9.17, 15) is 0 Å². The molecule has 0 aliphatic carbocycles. The smallest absolute Gasteiger partial charge is 0.126 e. The minimum Gasteiger partial charge on any atom is -0.506 e. The predicted octanol–water partition coefficient (Wildman–Crippen LogP) is 0.762. The maximum Gasteiger partial charge on any atom is 0.126 e. The van der Waals surface area contributed by atoms with Crippen LogP contribution in [0.2, 0.25) is 5.82 Å². The Bertz CT molecular complexity index is 133. The van der Waals surface area contributed by atoms with Gasteiger partial charge in [0, 0.05) is 0 Å². The highest BCUT2D eigenvalue weighted by Gasteiger charge is 2.15. The third-order valence-electron chi connectivity index (χ3n) is 1.42. The molecule has 1 aliphatic heterocycles. The highest BCUT2D eigenvalue weighted by molar-refractivity contribution is 6.21. The monoisotopic (exact) mass is 118 g/mol. The third-order valence-corrected chi connectivity index (χ3v) is 1.42. The molecule has 1 rings (SSSR count). The summed E-state index contributed by atoms with van der Waals surface area (Å²) in [6, 6.07) is -0.310. The Kier molecular flexibility index (Phi) is 1.89. The van der Waals surface area contributed by atoms with Crippen LogP contribution in [0.4, 0.5) is 0 Å². The highest BCUT2D eigenvalue weighted by Crippen LogP contribution is 2.22. The van der Waals surface area contributed by atoms with Gasteiger partial charge in [0.15, 0.2) is 0 Å². The number of rotatable bonds is 0. The number of allylic oxidation sites excluding steroid dienone is 2. The van der Waals surface area contributed by atoms with Crippen LogP contribution in [0.5, 0.6) is 0 Å². The molecule has 1 heterocycles. The summed E-state index contributed by atoms with van der Waals surface area (Å²) in [7, 11) is 11.0. The van der Waals surface area contributed by atoms with Gasteiger partial charge in [0.25, 0.3) is 0 Å².